The van der Waals surface area contributed by atoms with Crippen molar-refractivity contribution in [3.8, 4) is 11.5 Å². The summed E-state index contributed by atoms with van der Waals surface area (Å²) in [5.41, 5.74) is 1.37. The number of para-hydroxylation sites is 1. The molecule has 2 aromatic carbocycles. The molecule has 0 bridgehead atoms. The number of nitrogens with one attached hydrogen (secondary N) is 1. The van der Waals surface area contributed by atoms with Crippen molar-refractivity contribution < 1.29 is 18.7 Å². The van der Waals surface area contributed by atoms with Gasteiger partial charge in [0.1, 0.15) is 5.75 Å². The van der Waals surface area contributed by atoms with Gasteiger partial charge < -0.3 is 14.8 Å². The lowest BCUT2D eigenvalue weighted by molar-refractivity contribution is -0.116. The number of ether oxygens (including phenoxy) is 2. The van der Waals surface area contributed by atoms with E-state index in [1.165, 1.54) is 19.2 Å². The van der Waals surface area contributed by atoms with Crippen molar-refractivity contribution in [2.24, 2.45) is 0 Å². The minimum absolute atomic E-state index is 0.145. The highest BCUT2D eigenvalue weighted by Gasteiger charge is 2.08. The number of benzene rings is 2. The third-order valence-corrected chi connectivity index (χ3v) is 3.25. The predicted octanol–water partition coefficient (Wildman–Crippen LogP) is 3.41. The highest BCUT2D eigenvalue weighted by Crippen LogP contribution is 2.22. The van der Waals surface area contributed by atoms with Crippen LogP contribution in [0.2, 0.25) is 0 Å². The lowest BCUT2D eigenvalue weighted by atomic mass is 10.1. The Kier molecular flexibility index (Phi) is 5.36. The van der Waals surface area contributed by atoms with E-state index in [0.29, 0.717) is 12.1 Å². The van der Waals surface area contributed by atoms with Crippen molar-refractivity contribution in [2.75, 3.05) is 19.5 Å². The molecule has 0 radical (unpaired) electrons. The molecule has 5 heteroatoms. The molecule has 2 rings (SSSR count). The van der Waals surface area contributed by atoms with Crippen LogP contribution in [-0.2, 0) is 11.2 Å². The third kappa shape index (κ3) is 3.97. The maximum atomic E-state index is 13.6. The average Bonchev–Trinajstić information content (AvgIpc) is 2.53. The molecule has 0 spiro atoms. The largest absolute Gasteiger partial charge is 0.496 e. The van der Waals surface area contributed by atoms with Gasteiger partial charge in [0.25, 0.3) is 0 Å². The van der Waals surface area contributed by atoms with Crippen LogP contribution in [-0.4, -0.2) is 20.1 Å². The van der Waals surface area contributed by atoms with Crippen LogP contribution >= 0.6 is 0 Å². The fourth-order valence-corrected chi connectivity index (χ4v) is 2.13. The van der Waals surface area contributed by atoms with Gasteiger partial charge in [-0.25, -0.2) is 4.39 Å². The summed E-state index contributed by atoms with van der Waals surface area (Å²) in [7, 11) is 2.99. The van der Waals surface area contributed by atoms with Gasteiger partial charge in [0.05, 0.1) is 14.2 Å². The molecular formula is C17H18FNO3. The number of methoxy groups -OCH3 is 2. The van der Waals surface area contributed by atoms with E-state index >= 15 is 0 Å². The Hall–Kier alpha value is -2.56. The molecular weight excluding hydrogens is 285 g/mol. The second-order valence-electron chi connectivity index (χ2n) is 4.71. The Labute approximate surface area is 128 Å². The molecule has 0 saturated carbocycles. The van der Waals surface area contributed by atoms with Gasteiger partial charge in [-0.2, -0.15) is 0 Å². The standard InChI is InChI=1S/C17H18FNO3/c1-21-15-6-4-3-5-12(15)7-10-17(20)19-13-8-9-16(22-2)14(18)11-13/h3-6,8-9,11H,7,10H2,1-2H3,(H,19,20). The normalized spacial score (nSPS) is 10.1. The first-order valence-corrected chi connectivity index (χ1v) is 6.89. The summed E-state index contributed by atoms with van der Waals surface area (Å²) in [4.78, 5) is 11.9. The zero-order chi connectivity index (χ0) is 15.9. The van der Waals surface area contributed by atoms with Gasteiger partial charge in [0.15, 0.2) is 11.6 Å². The molecule has 0 saturated heterocycles. The van der Waals surface area contributed by atoms with E-state index in [0.717, 1.165) is 11.3 Å². The summed E-state index contributed by atoms with van der Waals surface area (Å²) in [6.45, 7) is 0. The third-order valence-electron chi connectivity index (χ3n) is 3.25. The van der Waals surface area contributed by atoms with Gasteiger partial charge >= 0.3 is 0 Å². The fourth-order valence-electron chi connectivity index (χ4n) is 2.13. The van der Waals surface area contributed by atoms with Gasteiger partial charge in [-0.15, -0.1) is 0 Å². The first-order valence-electron chi connectivity index (χ1n) is 6.89. The summed E-state index contributed by atoms with van der Waals surface area (Å²) in [6, 6.07) is 11.9. The monoisotopic (exact) mass is 303 g/mol. The van der Waals surface area contributed by atoms with Crippen molar-refractivity contribution >= 4 is 11.6 Å². The smallest absolute Gasteiger partial charge is 0.224 e. The zero-order valence-electron chi connectivity index (χ0n) is 12.6. The highest BCUT2D eigenvalue weighted by atomic mass is 19.1. The maximum absolute atomic E-state index is 13.6. The number of halogens is 1. The molecule has 2 aromatic rings. The Morgan fingerprint density at radius 1 is 1.09 bits per heavy atom. The van der Waals surface area contributed by atoms with E-state index in [4.69, 9.17) is 9.47 Å². The first-order chi connectivity index (χ1) is 10.6. The Balaban J connectivity index is 1.94. The molecule has 0 unspecified atom stereocenters. The quantitative estimate of drug-likeness (QED) is 0.889. The number of carbonyl (C=O) groups excluding carboxylic acids is 1. The second-order valence-corrected chi connectivity index (χ2v) is 4.71. The van der Waals surface area contributed by atoms with Crippen LogP contribution < -0.4 is 14.8 Å². The number of hydrogen-bond acceptors (Lipinski definition) is 3. The number of aryl methyl sites for hydroxylation is 1. The van der Waals surface area contributed by atoms with Crippen molar-refractivity contribution in [1.82, 2.24) is 0 Å². The van der Waals surface area contributed by atoms with Gasteiger partial charge in [-0.3, -0.25) is 4.79 Å². The molecule has 1 amide bonds. The van der Waals surface area contributed by atoms with Crippen LogP contribution in [0.25, 0.3) is 0 Å². The Morgan fingerprint density at radius 3 is 2.50 bits per heavy atom. The topological polar surface area (TPSA) is 47.6 Å². The van der Waals surface area contributed by atoms with Crippen molar-refractivity contribution in [3.63, 3.8) is 0 Å². The molecule has 0 aliphatic heterocycles. The van der Waals surface area contributed by atoms with Crippen molar-refractivity contribution in [3.05, 3.63) is 53.8 Å². The lowest BCUT2D eigenvalue weighted by Gasteiger charge is -2.09. The molecule has 0 heterocycles. The van der Waals surface area contributed by atoms with Crippen LogP contribution in [0.4, 0.5) is 10.1 Å². The highest BCUT2D eigenvalue weighted by molar-refractivity contribution is 5.90. The van der Waals surface area contributed by atoms with Gasteiger partial charge in [0, 0.05) is 18.2 Å². The van der Waals surface area contributed by atoms with Gasteiger partial charge in [-0.1, -0.05) is 18.2 Å². The van der Waals surface area contributed by atoms with Crippen LogP contribution in [0, 0.1) is 5.82 Å². The SMILES string of the molecule is COc1ccc(NC(=O)CCc2ccccc2OC)cc1F. The first kappa shape index (κ1) is 15.8. The minimum atomic E-state index is -0.509. The summed E-state index contributed by atoms with van der Waals surface area (Å²) in [5, 5.41) is 2.67. The molecule has 22 heavy (non-hydrogen) atoms. The molecule has 0 fully saturated rings. The number of rotatable bonds is 6. The van der Waals surface area contributed by atoms with Crippen LogP contribution in [0.15, 0.2) is 42.5 Å². The number of hydrogen-bond donors (Lipinski definition) is 1. The van der Waals surface area contributed by atoms with E-state index in [1.807, 2.05) is 24.3 Å². The van der Waals surface area contributed by atoms with E-state index in [-0.39, 0.29) is 18.1 Å². The number of anilines is 1. The molecule has 1 N–H and O–H groups in total. The molecule has 116 valence electrons. The van der Waals surface area contributed by atoms with E-state index in [9.17, 15) is 9.18 Å². The number of amides is 1. The van der Waals surface area contributed by atoms with Crippen LogP contribution in [0.5, 0.6) is 11.5 Å². The minimum Gasteiger partial charge on any atom is -0.496 e. The Morgan fingerprint density at radius 2 is 1.82 bits per heavy atom. The maximum Gasteiger partial charge on any atom is 0.224 e. The van der Waals surface area contributed by atoms with Gasteiger partial charge in [-0.05, 0) is 30.2 Å². The van der Waals surface area contributed by atoms with Crippen LogP contribution in [0.3, 0.4) is 0 Å². The van der Waals surface area contributed by atoms with Crippen molar-refractivity contribution in [2.45, 2.75) is 12.8 Å². The molecule has 4 nitrogen and oxygen atoms in total. The van der Waals surface area contributed by atoms with Crippen LogP contribution in [0.1, 0.15) is 12.0 Å². The summed E-state index contributed by atoms with van der Waals surface area (Å²) in [5.74, 6) is 0.207. The van der Waals surface area contributed by atoms with Crippen molar-refractivity contribution in [1.29, 1.82) is 0 Å². The van der Waals surface area contributed by atoms with Gasteiger partial charge in [0.2, 0.25) is 5.91 Å². The van der Waals surface area contributed by atoms with E-state index in [1.54, 1.807) is 13.2 Å². The average molecular weight is 303 g/mol. The summed E-state index contributed by atoms with van der Waals surface area (Å²) >= 11 is 0. The molecule has 0 aromatic heterocycles. The second kappa shape index (κ2) is 7.45. The predicted molar refractivity (Wildman–Crippen MR) is 82.9 cm³/mol. The lowest BCUT2D eigenvalue weighted by Crippen LogP contribution is -2.12. The zero-order valence-corrected chi connectivity index (χ0v) is 12.6. The van der Waals surface area contributed by atoms with E-state index < -0.39 is 5.82 Å². The fraction of sp³-hybridized carbons (Fsp3) is 0.235. The number of carbonyl (C=O) groups is 1. The Bertz CT molecular complexity index is 658. The molecule has 0 atom stereocenters. The summed E-state index contributed by atoms with van der Waals surface area (Å²) in [6.07, 6.45) is 0.836. The van der Waals surface area contributed by atoms with E-state index in [2.05, 4.69) is 5.32 Å². The summed E-state index contributed by atoms with van der Waals surface area (Å²) < 4.78 is 23.6. The molecule has 0 aliphatic rings. The molecule has 0 aliphatic carbocycles.